The summed E-state index contributed by atoms with van der Waals surface area (Å²) in [5, 5.41) is 0. The maximum atomic E-state index is 6.21. The van der Waals surface area contributed by atoms with Crippen LogP contribution in [0.3, 0.4) is 0 Å². The second kappa shape index (κ2) is 5.19. The summed E-state index contributed by atoms with van der Waals surface area (Å²) in [5.41, 5.74) is 7.95. The van der Waals surface area contributed by atoms with Crippen molar-refractivity contribution >= 4 is 5.82 Å². The molecule has 0 saturated heterocycles. The lowest BCUT2D eigenvalue weighted by molar-refractivity contribution is 0.242. The van der Waals surface area contributed by atoms with E-state index in [4.69, 9.17) is 10.5 Å². The third kappa shape index (κ3) is 2.95. The average Bonchev–Trinajstić information content (AvgIpc) is 2.71. The highest BCUT2D eigenvalue weighted by molar-refractivity contribution is 5.71. The SMILES string of the molecule is CC(C)Oc1ccc(-c2ncn(C(C)(C)C)c2N)cc1. The Hall–Kier alpha value is -1.97. The predicted molar refractivity (Wildman–Crippen MR) is 82.8 cm³/mol. The van der Waals surface area contributed by atoms with Crippen LogP contribution in [0.1, 0.15) is 34.6 Å². The lowest BCUT2D eigenvalue weighted by atomic mass is 10.1. The van der Waals surface area contributed by atoms with Crippen molar-refractivity contribution in [2.45, 2.75) is 46.3 Å². The van der Waals surface area contributed by atoms with Gasteiger partial charge >= 0.3 is 0 Å². The predicted octanol–water partition coefficient (Wildman–Crippen LogP) is 3.67. The van der Waals surface area contributed by atoms with E-state index >= 15 is 0 Å². The van der Waals surface area contributed by atoms with Gasteiger partial charge in [0, 0.05) is 11.1 Å². The maximum absolute atomic E-state index is 6.21. The zero-order valence-electron chi connectivity index (χ0n) is 12.8. The molecule has 20 heavy (non-hydrogen) atoms. The molecule has 2 rings (SSSR count). The normalized spacial score (nSPS) is 11.9. The molecular weight excluding hydrogens is 250 g/mol. The van der Waals surface area contributed by atoms with Gasteiger partial charge in [0.05, 0.1) is 12.4 Å². The highest BCUT2D eigenvalue weighted by Gasteiger charge is 2.19. The number of imidazole rings is 1. The first-order valence-electron chi connectivity index (χ1n) is 6.89. The van der Waals surface area contributed by atoms with E-state index in [0.717, 1.165) is 17.0 Å². The third-order valence-electron chi connectivity index (χ3n) is 3.03. The number of rotatable bonds is 3. The van der Waals surface area contributed by atoms with Gasteiger partial charge in [0.2, 0.25) is 0 Å². The Morgan fingerprint density at radius 1 is 1.15 bits per heavy atom. The minimum Gasteiger partial charge on any atom is -0.491 e. The fourth-order valence-corrected chi connectivity index (χ4v) is 2.08. The van der Waals surface area contributed by atoms with Crippen LogP contribution in [0.25, 0.3) is 11.3 Å². The van der Waals surface area contributed by atoms with Crippen molar-refractivity contribution in [1.82, 2.24) is 9.55 Å². The fraction of sp³-hybridized carbons (Fsp3) is 0.438. The first kappa shape index (κ1) is 14.4. The second-order valence-electron chi connectivity index (χ2n) is 6.21. The molecule has 1 heterocycles. The van der Waals surface area contributed by atoms with Crippen LogP contribution in [0.4, 0.5) is 5.82 Å². The Morgan fingerprint density at radius 2 is 1.75 bits per heavy atom. The van der Waals surface area contributed by atoms with Gasteiger partial charge in [-0.25, -0.2) is 4.98 Å². The summed E-state index contributed by atoms with van der Waals surface area (Å²) in [4.78, 5) is 4.44. The van der Waals surface area contributed by atoms with Gasteiger partial charge in [-0.2, -0.15) is 0 Å². The summed E-state index contributed by atoms with van der Waals surface area (Å²) in [6, 6.07) is 7.88. The van der Waals surface area contributed by atoms with Crippen LogP contribution in [-0.2, 0) is 5.54 Å². The van der Waals surface area contributed by atoms with Crippen LogP contribution in [-0.4, -0.2) is 15.7 Å². The van der Waals surface area contributed by atoms with E-state index in [0.29, 0.717) is 5.82 Å². The molecule has 0 aliphatic rings. The Labute approximate surface area is 120 Å². The minimum absolute atomic E-state index is 0.0734. The van der Waals surface area contributed by atoms with E-state index in [1.165, 1.54) is 0 Å². The lowest BCUT2D eigenvalue weighted by Crippen LogP contribution is -2.22. The lowest BCUT2D eigenvalue weighted by Gasteiger charge is -2.22. The summed E-state index contributed by atoms with van der Waals surface area (Å²) in [6.07, 6.45) is 1.97. The van der Waals surface area contributed by atoms with Crippen LogP contribution >= 0.6 is 0 Å². The van der Waals surface area contributed by atoms with Gasteiger partial charge in [-0.05, 0) is 58.9 Å². The topological polar surface area (TPSA) is 53.1 Å². The molecule has 4 heteroatoms. The van der Waals surface area contributed by atoms with E-state index in [1.807, 2.05) is 42.7 Å². The number of nitrogen functional groups attached to an aromatic ring is 1. The number of benzene rings is 1. The largest absolute Gasteiger partial charge is 0.491 e. The zero-order valence-corrected chi connectivity index (χ0v) is 12.8. The molecule has 0 atom stereocenters. The third-order valence-corrected chi connectivity index (χ3v) is 3.03. The van der Waals surface area contributed by atoms with Crippen molar-refractivity contribution in [1.29, 1.82) is 0 Å². The number of anilines is 1. The molecule has 0 fully saturated rings. The van der Waals surface area contributed by atoms with Gasteiger partial charge in [0.1, 0.15) is 17.3 Å². The Balaban J connectivity index is 2.31. The minimum atomic E-state index is -0.0734. The average molecular weight is 273 g/mol. The molecule has 1 aromatic heterocycles. The van der Waals surface area contributed by atoms with Crippen LogP contribution < -0.4 is 10.5 Å². The molecular formula is C16H23N3O. The zero-order chi connectivity index (χ0) is 14.9. The molecule has 1 aromatic carbocycles. The van der Waals surface area contributed by atoms with E-state index in [-0.39, 0.29) is 11.6 Å². The van der Waals surface area contributed by atoms with E-state index in [9.17, 15) is 0 Å². The van der Waals surface area contributed by atoms with E-state index in [2.05, 4.69) is 25.8 Å². The van der Waals surface area contributed by atoms with Gasteiger partial charge < -0.3 is 15.0 Å². The van der Waals surface area contributed by atoms with Crippen molar-refractivity contribution in [2.75, 3.05) is 5.73 Å². The standard InChI is InChI=1S/C16H23N3O/c1-11(2)20-13-8-6-12(7-9-13)14-15(17)19(10-18-14)16(3,4)5/h6-11H,17H2,1-5H3. The molecule has 2 aromatic rings. The number of hydrogen-bond donors (Lipinski definition) is 1. The second-order valence-corrected chi connectivity index (χ2v) is 6.21. The van der Waals surface area contributed by atoms with Gasteiger partial charge in [0.25, 0.3) is 0 Å². The molecule has 0 bridgehead atoms. The molecule has 108 valence electrons. The van der Waals surface area contributed by atoms with E-state index in [1.54, 1.807) is 6.33 Å². The van der Waals surface area contributed by atoms with Crippen LogP contribution in [0.15, 0.2) is 30.6 Å². The van der Waals surface area contributed by atoms with Crippen molar-refractivity contribution in [3.8, 4) is 17.0 Å². The molecule has 0 unspecified atom stereocenters. The molecule has 2 N–H and O–H groups in total. The summed E-state index contributed by atoms with van der Waals surface area (Å²) >= 11 is 0. The molecule has 0 amide bonds. The van der Waals surface area contributed by atoms with Crippen molar-refractivity contribution in [3.05, 3.63) is 30.6 Å². The highest BCUT2D eigenvalue weighted by Crippen LogP contribution is 2.29. The molecule has 0 spiro atoms. The fourth-order valence-electron chi connectivity index (χ4n) is 2.08. The van der Waals surface area contributed by atoms with Crippen molar-refractivity contribution < 1.29 is 4.74 Å². The molecule has 0 aliphatic heterocycles. The van der Waals surface area contributed by atoms with Gasteiger partial charge in [-0.1, -0.05) is 0 Å². The van der Waals surface area contributed by atoms with E-state index < -0.39 is 0 Å². The van der Waals surface area contributed by atoms with Crippen molar-refractivity contribution in [2.24, 2.45) is 0 Å². The molecule has 0 saturated carbocycles. The Morgan fingerprint density at radius 3 is 2.20 bits per heavy atom. The number of hydrogen-bond acceptors (Lipinski definition) is 3. The molecule has 0 aliphatic carbocycles. The van der Waals surface area contributed by atoms with Crippen LogP contribution in [0, 0.1) is 0 Å². The molecule has 0 radical (unpaired) electrons. The van der Waals surface area contributed by atoms with Gasteiger partial charge in [0.15, 0.2) is 0 Å². The smallest absolute Gasteiger partial charge is 0.132 e. The highest BCUT2D eigenvalue weighted by atomic mass is 16.5. The summed E-state index contributed by atoms with van der Waals surface area (Å²) in [7, 11) is 0. The first-order valence-corrected chi connectivity index (χ1v) is 6.89. The number of nitrogens with zero attached hydrogens (tertiary/aromatic N) is 2. The Kier molecular flexibility index (Phi) is 3.75. The summed E-state index contributed by atoms with van der Waals surface area (Å²) in [6.45, 7) is 10.3. The number of aromatic nitrogens is 2. The quantitative estimate of drug-likeness (QED) is 0.928. The summed E-state index contributed by atoms with van der Waals surface area (Å²) < 4.78 is 7.62. The monoisotopic (exact) mass is 273 g/mol. The van der Waals surface area contributed by atoms with Crippen molar-refractivity contribution in [3.63, 3.8) is 0 Å². The maximum Gasteiger partial charge on any atom is 0.132 e. The summed E-state index contributed by atoms with van der Waals surface area (Å²) in [5.74, 6) is 1.55. The first-order chi connectivity index (χ1) is 9.29. The Bertz CT molecular complexity index is 577. The van der Waals surface area contributed by atoms with Crippen LogP contribution in [0.5, 0.6) is 5.75 Å². The van der Waals surface area contributed by atoms with Gasteiger partial charge in [-0.15, -0.1) is 0 Å². The van der Waals surface area contributed by atoms with Gasteiger partial charge in [-0.3, -0.25) is 0 Å². The molecule has 4 nitrogen and oxygen atoms in total. The van der Waals surface area contributed by atoms with Crippen LogP contribution in [0.2, 0.25) is 0 Å². The number of ether oxygens (including phenoxy) is 1. The number of nitrogens with two attached hydrogens (primary N) is 1.